The number of fused-ring (bicyclic) bond motifs is 1. The number of carbonyl (C=O) groups is 1. The molecule has 0 aliphatic carbocycles. The number of ketones is 1. The normalized spacial score (nSPS) is 17.5. The van der Waals surface area contributed by atoms with E-state index in [-0.39, 0.29) is 11.9 Å². The van der Waals surface area contributed by atoms with Crippen LogP contribution in [-0.2, 0) is 6.42 Å². The molecule has 0 bridgehead atoms. The Kier molecular flexibility index (Phi) is 3.62. The first kappa shape index (κ1) is 13.4. The maximum atomic E-state index is 12.2. The van der Waals surface area contributed by atoms with Gasteiger partial charge >= 0.3 is 0 Å². The van der Waals surface area contributed by atoms with E-state index in [0.29, 0.717) is 17.7 Å². The highest BCUT2D eigenvalue weighted by Gasteiger charge is 2.27. The van der Waals surface area contributed by atoms with Gasteiger partial charge in [0.25, 0.3) is 0 Å². The Labute approximate surface area is 126 Å². The van der Waals surface area contributed by atoms with E-state index in [4.69, 9.17) is 4.74 Å². The predicted molar refractivity (Wildman–Crippen MR) is 82.3 cm³/mol. The minimum Gasteiger partial charge on any atom is -0.484 e. The summed E-state index contributed by atoms with van der Waals surface area (Å²) >= 11 is 3.41. The van der Waals surface area contributed by atoms with Crippen molar-refractivity contribution in [3.63, 3.8) is 0 Å². The van der Waals surface area contributed by atoms with Gasteiger partial charge < -0.3 is 4.74 Å². The molecule has 2 nitrogen and oxygen atoms in total. The Balaban J connectivity index is 1.91. The molecule has 0 radical (unpaired) electrons. The number of aryl methyl sites for hydroxylation is 1. The lowest BCUT2D eigenvalue weighted by atomic mass is 9.95. The zero-order valence-corrected chi connectivity index (χ0v) is 12.8. The van der Waals surface area contributed by atoms with Crippen molar-refractivity contribution in [1.82, 2.24) is 0 Å². The second kappa shape index (κ2) is 5.41. The van der Waals surface area contributed by atoms with Gasteiger partial charge in [0.1, 0.15) is 11.9 Å². The quantitative estimate of drug-likeness (QED) is 0.796. The van der Waals surface area contributed by atoms with Crippen molar-refractivity contribution in [2.45, 2.75) is 25.9 Å². The number of Topliss-reactive ketones (excluding diaryl/α,β-unsaturated/α-hetero) is 1. The van der Waals surface area contributed by atoms with Crippen LogP contribution >= 0.6 is 15.9 Å². The van der Waals surface area contributed by atoms with Gasteiger partial charge in [0.15, 0.2) is 5.78 Å². The van der Waals surface area contributed by atoms with Gasteiger partial charge in [-0.25, -0.2) is 0 Å². The topological polar surface area (TPSA) is 26.3 Å². The SMILES string of the molecule is CCc1ccc(C2CC(=O)c3ccc(Br)cc3O2)cc1. The molecular formula is C17H15BrO2. The van der Waals surface area contributed by atoms with Crippen molar-refractivity contribution < 1.29 is 9.53 Å². The summed E-state index contributed by atoms with van der Waals surface area (Å²) in [5.41, 5.74) is 3.02. The lowest BCUT2D eigenvalue weighted by molar-refractivity contribution is 0.0850. The number of hydrogen-bond donors (Lipinski definition) is 0. The molecule has 20 heavy (non-hydrogen) atoms. The van der Waals surface area contributed by atoms with Gasteiger partial charge in [-0.3, -0.25) is 4.79 Å². The summed E-state index contributed by atoms with van der Waals surface area (Å²) in [7, 11) is 0. The van der Waals surface area contributed by atoms with Gasteiger partial charge in [0.05, 0.1) is 12.0 Å². The molecule has 0 amide bonds. The van der Waals surface area contributed by atoms with Gasteiger partial charge in [-0.2, -0.15) is 0 Å². The minimum atomic E-state index is -0.185. The van der Waals surface area contributed by atoms with E-state index in [2.05, 4.69) is 47.1 Å². The third-order valence-corrected chi connectivity index (χ3v) is 4.14. The van der Waals surface area contributed by atoms with Crippen LogP contribution in [0.1, 0.15) is 40.9 Å². The van der Waals surface area contributed by atoms with Crippen LogP contribution in [0.5, 0.6) is 5.75 Å². The highest BCUT2D eigenvalue weighted by atomic mass is 79.9. The maximum Gasteiger partial charge on any atom is 0.170 e. The number of hydrogen-bond acceptors (Lipinski definition) is 2. The average Bonchev–Trinajstić information content (AvgIpc) is 2.46. The molecule has 1 aliphatic heterocycles. The van der Waals surface area contributed by atoms with Gasteiger partial charge in [0.2, 0.25) is 0 Å². The first-order valence-corrected chi connectivity index (χ1v) is 7.55. The number of ether oxygens (including phenoxy) is 1. The molecule has 1 atom stereocenters. The van der Waals surface area contributed by atoms with Gasteiger partial charge in [0, 0.05) is 4.47 Å². The molecular weight excluding hydrogens is 316 g/mol. The molecule has 0 aromatic heterocycles. The summed E-state index contributed by atoms with van der Waals surface area (Å²) in [6, 6.07) is 13.9. The zero-order chi connectivity index (χ0) is 14.1. The molecule has 1 unspecified atom stereocenters. The summed E-state index contributed by atoms with van der Waals surface area (Å²) in [5, 5.41) is 0. The van der Waals surface area contributed by atoms with E-state index in [1.54, 1.807) is 0 Å². The van der Waals surface area contributed by atoms with Crippen molar-refractivity contribution >= 4 is 21.7 Å². The fraction of sp³-hybridized carbons (Fsp3) is 0.235. The van der Waals surface area contributed by atoms with Crippen LogP contribution in [0, 0.1) is 0 Å². The van der Waals surface area contributed by atoms with Crippen molar-refractivity contribution in [2.24, 2.45) is 0 Å². The van der Waals surface area contributed by atoms with Crippen LogP contribution in [0.25, 0.3) is 0 Å². The molecule has 3 rings (SSSR count). The molecule has 0 saturated carbocycles. The van der Waals surface area contributed by atoms with Crippen molar-refractivity contribution in [2.75, 3.05) is 0 Å². The maximum absolute atomic E-state index is 12.2. The lowest BCUT2D eigenvalue weighted by Gasteiger charge is -2.25. The summed E-state index contributed by atoms with van der Waals surface area (Å²) in [5.74, 6) is 0.809. The highest BCUT2D eigenvalue weighted by Crippen LogP contribution is 2.36. The summed E-state index contributed by atoms with van der Waals surface area (Å²) in [6.45, 7) is 2.13. The zero-order valence-electron chi connectivity index (χ0n) is 11.2. The molecule has 0 spiro atoms. The number of benzene rings is 2. The Morgan fingerprint density at radius 3 is 2.65 bits per heavy atom. The Hall–Kier alpha value is -1.61. The Morgan fingerprint density at radius 2 is 1.95 bits per heavy atom. The Bertz CT molecular complexity index is 647. The second-order valence-electron chi connectivity index (χ2n) is 4.97. The van der Waals surface area contributed by atoms with Crippen LogP contribution in [0.4, 0.5) is 0 Å². The van der Waals surface area contributed by atoms with E-state index in [0.717, 1.165) is 16.5 Å². The number of halogens is 1. The molecule has 2 aromatic carbocycles. The second-order valence-corrected chi connectivity index (χ2v) is 5.89. The molecule has 1 heterocycles. The molecule has 3 heteroatoms. The van der Waals surface area contributed by atoms with E-state index >= 15 is 0 Å². The van der Waals surface area contributed by atoms with E-state index < -0.39 is 0 Å². The van der Waals surface area contributed by atoms with Crippen LogP contribution in [-0.4, -0.2) is 5.78 Å². The van der Waals surface area contributed by atoms with Crippen LogP contribution in [0.2, 0.25) is 0 Å². The van der Waals surface area contributed by atoms with E-state index in [1.165, 1.54) is 5.56 Å². The van der Waals surface area contributed by atoms with Gasteiger partial charge in [-0.15, -0.1) is 0 Å². The summed E-state index contributed by atoms with van der Waals surface area (Å²) in [4.78, 5) is 12.2. The van der Waals surface area contributed by atoms with Gasteiger partial charge in [-0.05, 0) is 35.7 Å². The third-order valence-electron chi connectivity index (χ3n) is 3.64. The monoisotopic (exact) mass is 330 g/mol. The Morgan fingerprint density at radius 1 is 1.20 bits per heavy atom. The average molecular weight is 331 g/mol. The molecule has 102 valence electrons. The fourth-order valence-electron chi connectivity index (χ4n) is 2.45. The third kappa shape index (κ3) is 2.50. The molecule has 1 aliphatic rings. The van der Waals surface area contributed by atoms with Crippen molar-refractivity contribution in [3.8, 4) is 5.75 Å². The van der Waals surface area contributed by atoms with Crippen LogP contribution in [0.15, 0.2) is 46.9 Å². The number of carbonyl (C=O) groups excluding carboxylic acids is 1. The molecule has 0 N–H and O–H groups in total. The predicted octanol–water partition coefficient (Wildman–Crippen LogP) is 4.72. The smallest absolute Gasteiger partial charge is 0.170 e. The van der Waals surface area contributed by atoms with Crippen LogP contribution < -0.4 is 4.74 Å². The van der Waals surface area contributed by atoms with E-state index in [9.17, 15) is 4.79 Å². The molecule has 0 saturated heterocycles. The number of rotatable bonds is 2. The fourth-order valence-corrected chi connectivity index (χ4v) is 2.79. The standard InChI is InChI=1S/C17H15BrO2/c1-2-11-3-5-12(6-4-11)16-10-15(19)14-8-7-13(18)9-17(14)20-16/h3-9,16H,2,10H2,1H3. The van der Waals surface area contributed by atoms with Crippen molar-refractivity contribution in [3.05, 3.63) is 63.6 Å². The van der Waals surface area contributed by atoms with Gasteiger partial charge in [-0.1, -0.05) is 47.1 Å². The van der Waals surface area contributed by atoms with Crippen molar-refractivity contribution in [1.29, 1.82) is 0 Å². The summed E-state index contributed by atoms with van der Waals surface area (Å²) in [6.07, 6.45) is 1.23. The largest absolute Gasteiger partial charge is 0.484 e. The molecule has 0 fully saturated rings. The minimum absolute atomic E-state index is 0.142. The first-order valence-electron chi connectivity index (χ1n) is 6.75. The van der Waals surface area contributed by atoms with Crippen LogP contribution in [0.3, 0.4) is 0 Å². The molecule has 2 aromatic rings. The van der Waals surface area contributed by atoms with E-state index in [1.807, 2.05) is 18.2 Å². The first-order chi connectivity index (χ1) is 9.67. The lowest BCUT2D eigenvalue weighted by Crippen LogP contribution is -2.20. The highest BCUT2D eigenvalue weighted by molar-refractivity contribution is 9.10. The summed E-state index contributed by atoms with van der Waals surface area (Å²) < 4.78 is 6.91.